The van der Waals surface area contributed by atoms with Crippen molar-refractivity contribution in [1.82, 2.24) is 0 Å². The summed E-state index contributed by atoms with van der Waals surface area (Å²) in [4.78, 5) is 0. The van der Waals surface area contributed by atoms with Gasteiger partial charge in [-0.1, -0.05) is 65.3 Å². The number of allylic oxidation sites excluding steroid dienone is 2. The van der Waals surface area contributed by atoms with Gasteiger partial charge in [0, 0.05) is 30.4 Å². The molecule has 1 aliphatic carbocycles. The smallest absolute Gasteiger partial charge is 0.122 e. The summed E-state index contributed by atoms with van der Waals surface area (Å²) in [6.07, 6.45) is 6.24. The highest BCUT2D eigenvalue weighted by atomic mass is 16.3. The number of phenols is 4. The van der Waals surface area contributed by atoms with E-state index in [1.807, 2.05) is 84.9 Å². The fourth-order valence-electron chi connectivity index (χ4n) is 6.84. The van der Waals surface area contributed by atoms with Crippen molar-refractivity contribution in [2.75, 3.05) is 0 Å². The second-order valence-corrected chi connectivity index (χ2v) is 13.4. The van der Waals surface area contributed by atoms with Crippen LogP contribution in [-0.2, 0) is 25.7 Å². The number of aryl methyl sites for hydroxylation is 4. The third-order valence-corrected chi connectivity index (χ3v) is 9.80. The largest absolute Gasteiger partial charge is 0.508 e. The zero-order valence-corrected chi connectivity index (χ0v) is 28.0. The first-order valence-corrected chi connectivity index (χ1v) is 16.0. The van der Waals surface area contributed by atoms with Gasteiger partial charge >= 0.3 is 0 Å². The number of hydrogen-bond donors (Lipinski definition) is 5. The molecule has 1 aliphatic rings. The van der Waals surface area contributed by atoms with E-state index in [0.29, 0.717) is 32.1 Å². The van der Waals surface area contributed by atoms with Crippen molar-refractivity contribution in [3.8, 4) is 23.0 Å². The first-order valence-electron chi connectivity index (χ1n) is 16.0. The maximum absolute atomic E-state index is 12.4. The van der Waals surface area contributed by atoms with E-state index >= 15 is 0 Å². The van der Waals surface area contributed by atoms with Gasteiger partial charge in [0.1, 0.15) is 23.0 Å². The van der Waals surface area contributed by atoms with Gasteiger partial charge in [0.15, 0.2) is 0 Å². The van der Waals surface area contributed by atoms with Gasteiger partial charge in [0.2, 0.25) is 0 Å². The molecule has 5 N–H and O–H groups in total. The second kappa shape index (κ2) is 12.7. The fourth-order valence-corrected chi connectivity index (χ4v) is 6.84. The van der Waals surface area contributed by atoms with Crippen LogP contribution >= 0.6 is 0 Å². The van der Waals surface area contributed by atoms with Crippen LogP contribution in [0.3, 0.4) is 0 Å². The minimum Gasteiger partial charge on any atom is -0.508 e. The van der Waals surface area contributed by atoms with Gasteiger partial charge in [-0.2, -0.15) is 0 Å². The highest BCUT2D eigenvalue weighted by Gasteiger charge is 2.35. The molecule has 0 amide bonds. The van der Waals surface area contributed by atoms with Crippen LogP contribution in [0.4, 0.5) is 0 Å². The van der Waals surface area contributed by atoms with Gasteiger partial charge in [-0.3, -0.25) is 0 Å². The second-order valence-electron chi connectivity index (χ2n) is 13.4. The molecule has 0 fully saturated rings. The van der Waals surface area contributed by atoms with E-state index in [1.165, 1.54) is 0 Å². The molecule has 240 valence electrons. The van der Waals surface area contributed by atoms with Gasteiger partial charge in [-0.05, 0) is 124 Å². The molecule has 1 unspecified atom stereocenters. The summed E-state index contributed by atoms with van der Waals surface area (Å²) in [7, 11) is 0. The average molecular weight is 619 g/mol. The van der Waals surface area contributed by atoms with E-state index in [9.17, 15) is 25.5 Å². The highest BCUT2D eigenvalue weighted by molar-refractivity contribution is 5.56. The zero-order valence-electron chi connectivity index (χ0n) is 28.0. The monoisotopic (exact) mass is 618 g/mol. The first kappa shape index (κ1) is 32.9. The summed E-state index contributed by atoms with van der Waals surface area (Å²) in [6, 6.07) is 15.0. The van der Waals surface area contributed by atoms with Crippen molar-refractivity contribution in [2.24, 2.45) is 0 Å². The highest BCUT2D eigenvalue weighted by Crippen LogP contribution is 2.40. The van der Waals surface area contributed by atoms with Crippen LogP contribution in [0.15, 0.2) is 71.8 Å². The predicted molar refractivity (Wildman–Crippen MR) is 185 cm³/mol. The standard InChI is InChI=1S/C41H46O5/c1-23-8-10-37(42)31(14-23)20-35-28(6)30(17-26(4)39(35)44)19-34-16-25(3)12-13-41(34,46)22-33-18-27(5)40(45)36(29(33)7)21-32-15-24(2)9-11-38(32)43/h8-12,14-18,42-46H,13,19-22H2,1-7H3. The molecular weight excluding hydrogens is 572 g/mol. The number of phenolic OH excluding ortho intramolecular Hbond substituents is 4. The average Bonchev–Trinajstić information content (AvgIpc) is 3.00. The minimum absolute atomic E-state index is 0.195. The lowest BCUT2D eigenvalue weighted by Crippen LogP contribution is -2.36. The van der Waals surface area contributed by atoms with E-state index in [1.54, 1.807) is 12.1 Å². The lowest BCUT2D eigenvalue weighted by atomic mass is 9.75. The Labute approximate surface area is 272 Å². The summed E-state index contributed by atoms with van der Waals surface area (Å²) in [5.41, 5.74) is 11.2. The number of aromatic hydroxyl groups is 4. The molecule has 46 heavy (non-hydrogen) atoms. The molecule has 4 aromatic rings. The van der Waals surface area contributed by atoms with Gasteiger partial charge in [0.25, 0.3) is 0 Å². The molecule has 1 atom stereocenters. The van der Waals surface area contributed by atoms with Crippen LogP contribution in [-0.4, -0.2) is 31.1 Å². The van der Waals surface area contributed by atoms with Gasteiger partial charge in [-0.15, -0.1) is 0 Å². The molecule has 0 radical (unpaired) electrons. The molecule has 0 bridgehead atoms. The summed E-state index contributed by atoms with van der Waals surface area (Å²) < 4.78 is 0. The SMILES string of the molecule is CC1=CCC(O)(Cc2cc(C)c(O)c(Cc3cc(C)ccc3O)c2C)C(Cc2cc(C)c(O)c(Cc3cc(C)ccc3O)c2C)=C1. The van der Waals surface area contributed by atoms with Crippen molar-refractivity contribution in [3.05, 3.63) is 139 Å². The Morgan fingerprint density at radius 1 is 0.587 bits per heavy atom. The molecular formula is C41H46O5. The Hall–Kier alpha value is -4.48. The molecule has 0 saturated heterocycles. The van der Waals surface area contributed by atoms with E-state index in [2.05, 4.69) is 12.2 Å². The van der Waals surface area contributed by atoms with Crippen LogP contribution in [0.25, 0.3) is 0 Å². The number of benzene rings is 4. The molecule has 0 saturated carbocycles. The quantitative estimate of drug-likeness (QED) is 0.137. The van der Waals surface area contributed by atoms with E-state index in [0.717, 1.165) is 77.9 Å². The van der Waals surface area contributed by atoms with Crippen LogP contribution < -0.4 is 0 Å². The van der Waals surface area contributed by atoms with Crippen molar-refractivity contribution in [3.63, 3.8) is 0 Å². The van der Waals surface area contributed by atoms with Crippen molar-refractivity contribution in [2.45, 2.75) is 86.2 Å². The third-order valence-electron chi connectivity index (χ3n) is 9.80. The first-order chi connectivity index (χ1) is 21.7. The summed E-state index contributed by atoms with van der Waals surface area (Å²) in [5, 5.41) is 55.7. The molecule has 4 aromatic carbocycles. The number of rotatable bonds is 8. The number of hydrogen-bond acceptors (Lipinski definition) is 5. The maximum atomic E-state index is 12.4. The summed E-state index contributed by atoms with van der Waals surface area (Å²) in [6.45, 7) is 13.8. The minimum atomic E-state index is -1.16. The number of aliphatic hydroxyl groups is 1. The Morgan fingerprint density at radius 3 is 1.59 bits per heavy atom. The predicted octanol–water partition coefficient (Wildman–Crippen LogP) is 8.33. The van der Waals surface area contributed by atoms with Crippen molar-refractivity contribution >= 4 is 0 Å². The lowest BCUT2D eigenvalue weighted by molar-refractivity contribution is 0.0772. The van der Waals surface area contributed by atoms with Gasteiger partial charge in [0.05, 0.1) is 5.60 Å². The van der Waals surface area contributed by atoms with E-state index in [-0.39, 0.29) is 23.0 Å². The Balaban J connectivity index is 1.51. The molecule has 0 aromatic heterocycles. The van der Waals surface area contributed by atoms with Crippen LogP contribution in [0, 0.1) is 41.5 Å². The molecule has 5 rings (SSSR count). The van der Waals surface area contributed by atoms with E-state index in [4.69, 9.17) is 0 Å². The van der Waals surface area contributed by atoms with Crippen LogP contribution in [0.1, 0.15) is 80.1 Å². The Morgan fingerprint density at radius 2 is 1.07 bits per heavy atom. The normalized spacial score (nSPS) is 16.3. The lowest BCUT2D eigenvalue weighted by Gasteiger charge is -2.35. The topological polar surface area (TPSA) is 101 Å². The van der Waals surface area contributed by atoms with Crippen LogP contribution in [0.2, 0.25) is 0 Å². The van der Waals surface area contributed by atoms with Crippen molar-refractivity contribution < 1.29 is 25.5 Å². The summed E-state index contributed by atoms with van der Waals surface area (Å²) >= 11 is 0. The van der Waals surface area contributed by atoms with Gasteiger partial charge < -0.3 is 25.5 Å². The zero-order chi connectivity index (χ0) is 33.5. The fraction of sp³-hybridized carbons (Fsp3) is 0.317. The molecule has 5 nitrogen and oxygen atoms in total. The Bertz CT molecular complexity index is 1890. The molecule has 5 heteroatoms. The van der Waals surface area contributed by atoms with Crippen LogP contribution in [0.5, 0.6) is 23.0 Å². The van der Waals surface area contributed by atoms with E-state index < -0.39 is 5.60 Å². The Kier molecular flexibility index (Phi) is 9.10. The molecule has 0 aliphatic heterocycles. The summed E-state index contributed by atoms with van der Waals surface area (Å²) in [5.74, 6) is 0.843. The molecule has 0 spiro atoms. The third kappa shape index (κ3) is 6.56. The maximum Gasteiger partial charge on any atom is 0.122 e. The van der Waals surface area contributed by atoms with Gasteiger partial charge in [-0.25, -0.2) is 0 Å². The molecule has 0 heterocycles. The van der Waals surface area contributed by atoms with Crippen molar-refractivity contribution in [1.29, 1.82) is 0 Å².